The molecule has 0 saturated carbocycles. The predicted molar refractivity (Wildman–Crippen MR) is 119 cm³/mol. The van der Waals surface area contributed by atoms with Crippen LogP contribution in [0.5, 0.6) is 5.75 Å². The van der Waals surface area contributed by atoms with Crippen LogP contribution in [-0.2, 0) is 13.1 Å². The number of hydrogen-bond donors (Lipinski definition) is 2. The summed E-state index contributed by atoms with van der Waals surface area (Å²) in [7, 11) is 0. The highest BCUT2D eigenvalue weighted by Crippen LogP contribution is 2.28. The van der Waals surface area contributed by atoms with Crippen LogP contribution in [0.2, 0.25) is 0 Å². The first-order valence-electron chi connectivity index (χ1n) is 10.3. The van der Waals surface area contributed by atoms with Crippen molar-refractivity contribution in [3.63, 3.8) is 0 Å². The van der Waals surface area contributed by atoms with Crippen LogP contribution in [0.1, 0.15) is 19.4 Å². The molecule has 11 heteroatoms. The van der Waals surface area contributed by atoms with Gasteiger partial charge < -0.3 is 15.2 Å². The molecular formula is C22H23N9O2. The van der Waals surface area contributed by atoms with Gasteiger partial charge in [0.2, 0.25) is 5.95 Å². The van der Waals surface area contributed by atoms with E-state index in [1.54, 1.807) is 53.5 Å². The lowest BCUT2D eigenvalue weighted by atomic mass is 10.1. The summed E-state index contributed by atoms with van der Waals surface area (Å²) in [6.07, 6.45) is 9.19. The fourth-order valence-corrected chi connectivity index (χ4v) is 3.21. The molecule has 0 unspecified atom stereocenters. The molecule has 2 atom stereocenters. The van der Waals surface area contributed by atoms with Gasteiger partial charge in [0.25, 0.3) is 0 Å². The smallest absolute Gasteiger partial charge is 0.227 e. The molecule has 0 saturated heterocycles. The Labute approximate surface area is 190 Å². The number of rotatable bonds is 9. The third kappa shape index (κ3) is 5.69. The average molecular weight is 445 g/mol. The molecule has 1 aromatic carbocycles. The number of aliphatic hydroxyl groups excluding tert-OH is 1. The highest BCUT2D eigenvalue weighted by atomic mass is 16.5. The Morgan fingerprint density at radius 1 is 1.09 bits per heavy atom. The van der Waals surface area contributed by atoms with Gasteiger partial charge in [-0.3, -0.25) is 4.68 Å². The minimum atomic E-state index is -0.486. The zero-order chi connectivity index (χ0) is 23.2. The Hall–Kier alpha value is -4.30. The van der Waals surface area contributed by atoms with Crippen molar-refractivity contribution in [1.82, 2.24) is 34.5 Å². The summed E-state index contributed by atoms with van der Waals surface area (Å²) < 4.78 is 9.33. The maximum atomic E-state index is 9.46. The molecule has 0 radical (unpaired) electrons. The summed E-state index contributed by atoms with van der Waals surface area (Å²) in [4.78, 5) is 12.7. The molecule has 0 aliphatic heterocycles. The van der Waals surface area contributed by atoms with Gasteiger partial charge in [0, 0.05) is 24.2 Å². The summed E-state index contributed by atoms with van der Waals surface area (Å²) in [6.45, 7) is 4.52. The van der Waals surface area contributed by atoms with Crippen molar-refractivity contribution >= 4 is 11.6 Å². The monoisotopic (exact) mass is 445 g/mol. The van der Waals surface area contributed by atoms with E-state index in [1.807, 2.05) is 19.1 Å². The van der Waals surface area contributed by atoms with Gasteiger partial charge in [-0.1, -0.05) is 6.07 Å². The highest BCUT2D eigenvalue weighted by molar-refractivity contribution is 5.66. The van der Waals surface area contributed by atoms with E-state index in [0.717, 1.165) is 16.8 Å². The standard InChI is InChI=1S/C22H23N9O2/c1-15(32)10-30-12-20(9-27-30)29-22-25-7-19(8-26-22)17-3-4-18(6-23)21(5-17)33-16(2)11-31-14-24-13-28-31/h3-5,7-9,12-16,32H,10-11H2,1-2H3,(H,25,26,29)/t15-,16+/m1/s1. The molecule has 0 amide bonds. The number of nitriles is 1. The maximum absolute atomic E-state index is 9.46. The van der Waals surface area contributed by atoms with Crippen LogP contribution in [0, 0.1) is 11.3 Å². The van der Waals surface area contributed by atoms with Gasteiger partial charge in [-0.25, -0.2) is 19.6 Å². The van der Waals surface area contributed by atoms with Crippen molar-refractivity contribution in [3.8, 4) is 22.9 Å². The quantitative estimate of drug-likeness (QED) is 0.397. The van der Waals surface area contributed by atoms with Crippen molar-refractivity contribution in [2.45, 2.75) is 39.1 Å². The number of anilines is 2. The Morgan fingerprint density at radius 2 is 1.91 bits per heavy atom. The van der Waals surface area contributed by atoms with Crippen LogP contribution in [0.15, 0.2) is 55.6 Å². The number of aromatic nitrogens is 7. The first-order chi connectivity index (χ1) is 16.0. The van der Waals surface area contributed by atoms with Crippen LogP contribution in [0.25, 0.3) is 11.1 Å². The van der Waals surface area contributed by atoms with Crippen molar-refractivity contribution in [2.24, 2.45) is 0 Å². The van der Waals surface area contributed by atoms with E-state index in [1.165, 1.54) is 6.33 Å². The zero-order valence-corrected chi connectivity index (χ0v) is 18.2. The van der Waals surface area contributed by atoms with E-state index < -0.39 is 6.10 Å². The van der Waals surface area contributed by atoms with Gasteiger partial charge in [0.1, 0.15) is 30.6 Å². The van der Waals surface area contributed by atoms with E-state index in [9.17, 15) is 10.4 Å². The summed E-state index contributed by atoms with van der Waals surface area (Å²) in [5, 5.41) is 30.3. The first-order valence-corrected chi connectivity index (χ1v) is 10.3. The predicted octanol–water partition coefficient (Wildman–Crippen LogP) is 2.40. The molecular weight excluding hydrogens is 422 g/mol. The second kappa shape index (κ2) is 9.88. The molecule has 0 bridgehead atoms. The second-order valence-corrected chi connectivity index (χ2v) is 7.59. The molecule has 0 aliphatic carbocycles. The van der Waals surface area contributed by atoms with Crippen molar-refractivity contribution in [2.75, 3.05) is 5.32 Å². The molecule has 3 aromatic heterocycles. The number of aliphatic hydroxyl groups is 1. The van der Waals surface area contributed by atoms with E-state index >= 15 is 0 Å². The Kier molecular flexibility index (Phi) is 6.56. The van der Waals surface area contributed by atoms with Crippen molar-refractivity contribution < 1.29 is 9.84 Å². The number of benzene rings is 1. The van der Waals surface area contributed by atoms with Crippen LogP contribution >= 0.6 is 0 Å². The third-order valence-corrected chi connectivity index (χ3v) is 4.67. The summed E-state index contributed by atoms with van der Waals surface area (Å²) in [6, 6.07) is 7.52. The molecule has 0 fully saturated rings. The minimum Gasteiger partial charge on any atom is -0.487 e. The van der Waals surface area contributed by atoms with Gasteiger partial charge in [-0.2, -0.15) is 15.5 Å². The van der Waals surface area contributed by atoms with E-state index in [-0.39, 0.29) is 6.10 Å². The fourth-order valence-electron chi connectivity index (χ4n) is 3.21. The molecule has 0 aliphatic rings. The molecule has 0 spiro atoms. The Morgan fingerprint density at radius 3 is 2.61 bits per heavy atom. The largest absolute Gasteiger partial charge is 0.487 e. The SMILES string of the molecule is C[C@@H](O)Cn1cc(Nc2ncc(-c3ccc(C#N)c(O[C@@H](C)Cn4cncn4)c3)cn2)cn1. The normalized spacial score (nSPS) is 12.7. The number of hydrogen-bond acceptors (Lipinski definition) is 9. The van der Waals surface area contributed by atoms with Crippen LogP contribution in [-0.4, -0.2) is 51.8 Å². The molecule has 4 aromatic rings. The van der Waals surface area contributed by atoms with E-state index in [2.05, 4.69) is 36.5 Å². The molecule has 3 heterocycles. The van der Waals surface area contributed by atoms with Gasteiger partial charge >= 0.3 is 0 Å². The maximum Gasteiger partial charge on any atom is 0.227 e. The van der Waals surface area contributed by atoms with Crippen molar-refractivity contribution in [3.05, 3.63) is 61.2 Å². The van der Waals surface area contributed by atoms with Crippen LogP contribution in [0.4, 0.5) is 11.6 Å². The van der Waals surface area contributed by atoms with Crippen LogP contribution in [0.3, 0.4) is 0 Å². The number of nitrogens with one attached hydrogen (secondary N) is 1. The molecule has 4 rings (SSSR count). The lowest BCUT2D eigenvalue weighted by Gasteiger charge is -2.16. The average Bonchev–Trinajstić information content (AvgIpc) is 3.46. The molecule has 33 heavy (non-hydrogen) atoms. The van der Waals surface area contributed by atoms with Crippen LogP contribution < -0.4 is 10.1 Å². The number of ether oxygens (including phenoxy) is 1. The molecule has 2 N–H and O–H groups in total. The van der Waals surface area contributed by atoms with Gasteiger partial charge in [-0.15, -0.1) is 0 Å². The lowest BCUT2D eigenvalue weighted by molar-refractivity contribution is 0.168. The third-order valence-electron chi connectivity index (χ3n) is 4.67. The second-order valence-electron chi connectivity index (χ2n) is 7.59. The Bertz CT molecular complexity index is 1230. The topological polar surface area (TPSA) is 140 Å². The highest BCUT2D eigenvalue weighted by Gasteiger charge is 2.12. The molecule has 11 nitrogen and oxygen atoms in total. The van der Waals surface area contributed by atoms with E-state index in [0.29, 0.717) is 30.4 Å². The van der Waals surface area contributed by atoms with Gasteiger partial charge in [0.05, 0.1) is 36.6 Å². The lowest BCUT2D eigenvalue weighted by Crippen LogP contribution is -2.20. The zero-order valence-electron chi connectivity index (χ0n) is 18.2. The van der Waals surface area contributed by atoms with E-state index in [4.69, 9.17) is 4.74 Å². The minimum absolute atomic E-state index is 0.216. The summed E-state index contributed by atoms with van der Waals surface area (Å²) in [5.41, 5.74) is 2.77. The van der Waals surface area contributed by atoms with Gasteiger partial charge in [0.15, 0.2) is 0 Å². The fraction of sp³-hybridized carbons (Fsp3) is 0.273. The molecule has 168 valence electrons. The summed E-state index contributed by atoms with van der Waals surface area (Å²) in [5.74, 6) is 0.900. The summed E-state index contributed by atoms with van der Waals surface area (Å²) >= 11 is 0. The number of nitrogens with zero attached hydrogens (tertiary/aromatic N) is 8. The first kappa shape index (κ1) is 21.9. The van der Waals surface area contributed by atoms with Crippen molar-refractivity contribution in [1.29, 1.82) is 5.26 Å². The van der Waals surface area contributed by atoms with Gasteiger partial charge in [-0.05, 0) is 31.5 Å². The Balaban J connectivity index is 1.46.